The number of amides is 2. The number of aromatic nitrogens is 4. The number of nitrogens with zero attached hydrogens (tertiary/aromatic N) is 4. The van der Waals surface area contributed by atoms with Crippen LogP contribution in [-0.2, 0) is 11.3 Å². The Kier molecular flexibility index (Phi) is 6.12. The minimum atomic E-state index is -0.484. The number of nitrogens with one attached hydrogen (secondary N) is 2. The normalized spacial score (nSPS) is 11.1. The molecule has 5 rings (SSSR count). The van der Waals surface area contributed by atoms with Gasteiger partial charge in [0, 0.05) is 22.6 Å². The average molecular weight is 464 g/mol. The Bertz CT molecular complexity index is 1470. The molecule has 35 heavy (non-hydrogen) atoms. The van der Waals surface area contributed by atoms with E-state index in [-0.39, 0.29) is 0 Å². The Morgan fingerprint density at radius 1 is 0.914 bits per heavy atom. The maximum atomic E-state index is 12.4. The van der Waals surface area contributed by atoms with Crippen LogP contribution in [0.2, 0.25) is 0 Å². The summed E-state index contributed by atoms with van der Waals surface area (Å²) >= 11 is 0. The van der Waals surface area contributed by atoms with Gasteiger partial charge in [-0.15, -0.1) is 10.2 Å². The zero-order valence-electron chi connectivity index (χ0n) is 18.5. The average Bonchev–Trinajstić information content (AvgIpc) is 3.54. The molecule has 0 unspecified atom stereocenters. The maximum absolute atomic E-state index is 12.4. The van der Waals surface area contributed by atoms with E-state index in [1.165, 1.54) is 16.9 Å². The quantitative estimate of drug-likeness (QED) is 0.293. The zero-order valence-corrected chi connectivity index (χ0v) is 18.5. The summed E-state index contributed by atoms with van der Waals surface area (Å²) in [5.41, 5.74) is 7.67. The van der Waals surface area contributed by atoms with Gasteiger partial charge < -0.3 is 4.42 Å². The molecular weight excluding hydrogens is 444 g/mol. The first kappa shape index (κ1) is 21.8. The maximum Gasteiger partial charge on any atom is 0.269 e. The van der Waals surface area contributed by atoms with Crippen LogP contribution in [0.1, 0.15) is 21.7 Å². The van der Waals surface area contributed by atoms with Crippen LogP contribution in [0.4, 0.5) is 0 Å². The first-order valence-corrected chi connectivity index (χ1v) is 10.8. The highest BCUT2D eigenvalue weighted by Gasteiger charge is 2.09. The molecule has 2 heterocycles. The predicted octanol–water partition coefficient (Wildman–Crippen LogP) is 3.61. The number of rotatable bonds is 6. The Morgan fingerprint density at radius 3 is 2.49 bits per heavy atom. The van der Waals surface area contributed by atoms with Crippen molar-refractivity contribution in [3.05, 3.63) is 108 Å². The predicted molar refractivity (Wildman–Crippen MR) is 130 cm³/mol. The SMILES string of the molecule is O=C(/C=C/c1cc2ccccc2o1)NNC(=O)c1ccc(Cn2nnc(-c3ccccc3)n2)cc1. The van der Waals surface area contributed by atoms with Crippen LogP contribution >= 0.6 is 0 Å². The molecule has 2 N–H and O–H groups in total. The second-order valence-electron chi connectivity index (χ2n) is 7.67. The van der Waals surface area contributed by atoms with Crippen molar-refractivity contribution in [1.29, 1.82) is 0 Å². The van der Waals surface area contributed by atoms with Crippen LogP contribution < -0.4 is 10.9 Å². The van der Waals surface area contributed by atoms with Crippen molar-refractivity contribution in [3.8, 4) is 11.4 Å². The molecule has 0 fully saturated rings. The minimum Gasteiger partial charge on any atom is -0.457 e. The molecule has 0 atom stereocenters. The molecule has 2 aromatic heterocycles. The molecule has 0 aliphatic rings. The fourth-order valence-electron chi connectivity index (χ4n) is 3.41. The molecule has 0 bridgehead atoms. The highest BCUT2D eigenvalue weighted by Crippen LogP contribution is 2.19. The summed E-state index contributed by atoms with van der Waals surface area (Å²) < 4.78 is 5.62. The van der Waals surface area contributed by atoms with E-state index >= 15 is 0 Å². The molecule has 5 aromatic rings. The van der Waals surface area contributed by atoms with Gasteiger partial charge in [-0.1, -0.05) is 60.7 Å². The molecule has 2 amide bonds. The lowest BCUT2D eigenvalue weighted by Crippen LogP contribution is -2.40. The van der Waals surface area contributed by atoms with Crippen LogP contribution in [0.25, 0.3) is 28.4 Å². The van der Waals surface area contributed by atoms with E-state index in [0.29, 0.717) is 23.7 Å². The fourth-order valence-corrected chi connectivity index (χ4v) is 3.41. The van der Waals surface area contributed by atoms with Gasteiger partial charge in [-0.05, 0) is 41.1 Å². The number of para-hydroxylation sites is 1. The van der Waals surface area contributed by atoms with Gasteiger partial charge in [0.25, 0.3) is 11.8 Å². The van der Waals surface area contributed by atoms with E-state index in [1.807, 2.05) is 60.7 Å². The molecule has 0 aliphatic heterocycles. The Morgan fingerprint density at radius 2 is 1.69 bits per heavy atom. The molecule has 0 saturated heterocycles. The van der Waals surface area contributed by atoms with E-state index in [0.717, 1.165) is 22.1 Å². The molecule has 3 aromatic carbocycles. The van der Waals surface area contributed by atoms with Gasteiger partial charge in [0.2, 0.25) is 5.82 Å². The highest BCUT2D eigenvalue weighted by atomic mass is 16.3. The zero-order chi connectivity index (χ0) is 24.0. The summed E-state index contributed by atoms with van der Waals surface area (Å²) in [7, 11) is 0. The van der Waals surface area contributed by atoms with Crippen molar-refractivity contribution in [2.24, 2.45) is 0 Å². The number of benzene rings is 3. The third-order valence-electron chi connectivity index (χ3n) is 5.17. The van der Waals surface area contributed by atoms with E-state index in [2.05, 4.69) is 26.3 Å². The van der Waals surface area contributed by atoms with Crippen LogP contribution in [0.3, 0.4) is 0 Å². The third kappa shape index (κ3) is 5.31. The van der Waals surface area contributed by atoms with Crippen molar-refractivity contribution in [1.82, 2.24) is 31.1 Å². The van der Waals surface area contributed by atoms with Gasteiger partial charge in [-0.25, -0.2) is 0 Å². The fraction of sp³-hybridized carbons (Fsp3) is 0.0385. The first-order valence-electron chi connectivity index (χ1n) is 10.8. The van der Waals surface area contributed by atoms with Gasteiger partial charge >= 0.3 is 0 Å². The number of fused-ring (bicyclic) bond motifs is 1. The Labute approximate surface area is 200 Å². The van der Waals surface area contributed by atoms with Crippen LogP contribution in [0.5, 0.6) is 0 Å². The smallest absolute Gasteiger partial charge is 0.269 e. The summed E-state index contributed by atoms with van der Waals surface area (Å²) in [6.45, 7) is 0.408. The van der Waals surface area contributed by atoms with E-state index in [1.54, 1.807) is 24.3 Å². The van der Waals surface area contributed by atoms with Crippen LogP contribution in [-0.4, -0.2) is 32.0 Å². The number of carbonyl (C=O) groups is 2. The largest absolute Gasteiger partial charge is 0.457 e. The van der Waals surface area contributed by atoms with Crippen LogP contribution in [0, 0.1) is 0 Å². The standard InChI is InChI=1S/C26H20N6O3/c33-24(15-14-22-16-21-8-4-5-9-23(21)35-22)27-29-26(34)20-12-10-18(11-13-20)17-32-30-25(28-31-32)19-6-2-1-3-7-19/h1-16H,17H2,(H,27,33)(H,29,34)/b15-14+. The summed E-state index contributed by atoms with van der Waals surface area (Å²) in [4.78, 5) is 25.9. The number of hydrogen-bond donors (Lipinski definition) is 2. The summed E-state index contributed by atoms with van der Waals surface area (Å²) in [5, 5.41) is 13.5. The van der Waals surface area contributed by atoms with Gasteiger partial charge in [-0.2, -0.15) is 4.80 Å². The molecule has 9 nitrogen and oxygen atoms in total. The van der Waals surface area contributed by atoms with Gasteiger partial charge in [0.15, 0.2) is 0 Å². The summed E-state index contributed by atoms with van der Waals surface area (Å²) in [6, 6.07) is 25.9. The van der Waals surface area contributed by atoms with Crippen molar-refractivity contribution in [3.63, 3.8) is 0 Å². The molecule has 0 saturated carbocycles. The number of carbonyl (C=O) groups excluding carboxylic acids is 2. The number of tetrazole rings is 1. The molecule has 0 aliphatic carbocycles. The second kappa shape index (κ2) is 9.84. The molecule has 172 valence electrons. The van der Waals surface area contributed by atoms with Crippen molar-refractivity contribution in [2.45, 2.75) is 6.54 Å². The Balaban J connectivity index is 1.13. The Hall–Kier alpha value is -5.05. The van der Waals surface area contributed by atoms with Crippen LogP contribution in [0.15, 0.2) is 95.4 Å². The summed E-state index contributed by atoms with van der Waals surface area (Å²) in [6.07, 6.45) is 2.83. The highest BCUT2D eigenvalue weighted by molar-refractivity contribution is 5.98. The molecular formula is C26H20N6O3. The lowest BCUT2D eigenvalue weighted by Gasteiger charge is -2.06. The van der Waals surface area contributed by atoms with Crippen molar-refractivity contribution in [2.75, 3.05) is 0 Å². The number of furan rings is 1. The van der Waals surface area contributed by atoms with E-state index in [4.69, 9.17) is 4.42 Å². The first-order chi connectivity index (χ1) is 17.1. The van der Waals surface area contributed by atoms with Crippen molar-refractivity contribution < 1.29 is 14.0 Å². The van der Waals surface area contributed by atoms with Gasteiger partial charge in [0.05, 0.1) is 6.54 Å². The topological polar surface area (TPSA) is 115 Å². The summed E-state index contributed by atoms with van der Waals surface area (Å²) in [5.74, 6) is 0.168. The monoisotopic (exact) mass is 464 g/mol. The van der Waals surface area contributed by atoms with E-state index < -0.39 is 11.8 Å². The number of hydrogen-bond acceptors (Lipinski definition) is 6. The minimum absolute atomic E-state index is 0.395. The van der Waals surface area contributed by atoms with Gasteiger partial charge in [-0.3, -0.25) is 20.4 Å². The third-order valence-corrected chi connectivity index (χ3v) is 5.17. The van der Waals surface area contributed by atoms with Gasteiger partial charge in [0.1, 0.15) is 11.3 Å². The molecule has 0 radical (unpaired) electrons. The van der Waals surface area contributed by atoms with E-state index in [9.17, 15) is 9.59 Å². The number of hydrazine groups is 1. The molecule has 0 spiro atoms. The molecule has 9 heteroatoms. The second-order valence-corrected chi connectivity index (χ2v) is 7.67. The lowest BCUT2D eigenvalue weighted by molar-refractivity contribution is -0.117. The lowest BCUT2D eigenvalue weighted by atomic mass is 10.1. The van der Waals surface area contributed by atoms with Crippen molar-refractivity contribution >= 4 is 28.9 Å².